The summed E-state index contributed by atoms with van der Waals surface area (Å²) in [6.07, 6.45) is 6.39. The molecule has 15 heavy (non-hydrogen) atoms. The van der Waals surface area contributed by atoms with Gasteiger partial charge in [0.05, 0.1) is 13.2 Å². The van der Waals surface area contributed by atoms with Crippen LogP contribution in [0.2, 0.25) is 0 Å². The smallest absolute Gasteiger partial charge is 0.0517 e. The molecule has 3 nitrogen and oxygen atoms in total. The molecule has 1 aliphatic heterocycles. The molecule has 0 spiro atoms. The lowest BCUT2D eigenvalue weighted by Gasteiger charge is -2.08. The topological polar surface area (TPSA) is 30.5 Å². The van der Waals surface area contributed by atoms with E-state index in [0.717, 1.165) is 32.5 Å². The van der Waals surface area contributed by atoms with Crippen LogP contribution >= 0.6 is 0 Å². The van der Waals surface area contributed by atoms with Gasteiger partial charge in [0.15, 0.2) is 0 Å². The van der Waals surface area contributed by atoms with Gasteiger partial charge < -0.3 is 14.8 Å². The average Bonchev–Trinajstić information content (AvgIpc) is 2.92. The largest absolute Gasteiger partial charge is 0.381 e. The SMILES string of the molecule is C(CCOCC1CCOC1)CNC1CC1. The fourth-order valence-corrected chi connectivity index (χ4v) is 1.89. The summed E-state index contributed by atoms with van der Waals surface area (Å²) in [6, 6.07) is 0.849. The van der Waals surface area contributed by atoms with Crippen molar-refractivity contribution >= 4 is 0 Å². The maximum atomic E-state index is 5.63. The normalized spacial score (nSPS) is 26.0. The summed E-state index contributed by atoms with van der Waals surface area (Å²) in [7, 11) is 0. The summed E-state index contributed by atoms with van der Waals surface area (Å²) in [5.74, 6) is 0.662. The van der Waals surface area contributed by atoms with Crippen molar-refractivity contribution in [1.29, 1.82) is 0 Å². The minimum absolute atomic E-state index is 0.662. The van der Waals surface area contributed by atoms with Crippen molar-refractivity contribution in [2.24, 2.45) is 5.92 Å². The Morgan fingerprint density at radius 2 is 2.13 bits per heavy atom. The summed E-state index contributed by atoms with van der Waals surface area (Å²) in [5.41, 5.74) is 0. The molecule has 1 saturated carbocycles. The molecular formula is C12H23NO2. The predicted octanol–water partition coefficient (Wildman–Crippen LogP) is 1.57. The minimum atomic E-state index is 0.662. The second-order valence-electron chi connectivity index (χ2n) is 4.74. The zero-order chi connectivity index (χ0) is 10.3. The van der Waals surface area contributed by atoms with Gasteiger partial charge in [0.25, 0.3) is 0 Å². The van der Waals surface area contributed by atoms with Gasteiger partial charge in [-0.1, -0.05) is 0 Å². The molecular weight excluding hydrogens is 190 g/mol. The molecule has 88 valence electrons. The third kappa shape index (κ3) is 4.96. The van der Waals surface area contributed by atoms with E-state index in [4.69, 9.17) is 9.47 Å². The molecule has 1 aliphatic carbocycles. The molecule has 0 aromatic rings. The van der Waals surface area contributed by atoms with Crippen LogP contribution in [-0.2, 0) is 9.47 Å². The van der Waals surface area contributed by atoms with Crippen LogP contribution in [0.4, 0.5) is 0 Å². The second-order valence-corrected chi connectivity index (χ2v) is 4.74. The van der Waals surface area contributed by atoms with Crippen LogP contribution in [0.1, 0.15) is 32.1 Å². The summed E-state index contributed by atoms with van der Waals surface area (Å²) in [6.45, 7) is 4.82. The Balaban J connectivity index is 1.32. The Hall–Kier alpha value is -0.120. The van der Waals surface area contributed by atoms with Gasteiger partial charge in [0, 0.05) is 25.2 Å². The van der Waals surface area contributed by atoms with E-state index in [2.05, 4.69) is 5.32 Å². The third-order valence-corrected chi connectivity index (χ3v) is 3.10. The molecule has 0 aromatic heterocycles. The van der Waals surface area contributed by atoms with Crippen molar-refractivity contribution in [1.82, 2.24) is 5.32 Å². The zero-order valence-electron chi connectivity index (χ0n) is 9.54. The Kier molecular flexibility index (Phi) is 4.90. The highest BCUT2D eigenvalue weighted by atomic mass is 16.5. The van der Waals surface area contributed by atoms with Crippen LogP contribution in [0.5, 0.6) is 0 Å². The molecule has 1 unspecified atom stereocenters. The molecule has 0 radical (unpaired) electrons. The monoisotopic (exact) mass is 213 g/mol. The van der Waals surface area contributed by atoms with E-state index < -0.39 is 0 Å². The van der Waals surface area contributed by atoms with E-state index in [1.165, 1.54) is 38.6 Å². The highest BCUT2D eigenvalue weighted by Gasteiger charge is 2.19. The van der Waals surface area contributed by atoms with Gasteiger partial charge in [-0.15, -0.1) is 0 Å². The van der Waals surface area contributed by atoms with Gasteiger partial charge in [-0.3, -0.25) is 0 Å². The van der Waals surface area contributed by atoms with Crippen molar-refractivity contribution in [2.75, 3.05) is 33.0 Å². The number of rotatable bonds is 8. The Bertz CT molecular complexity index is 165. The fraction of sp³-hybridized carbons (Fsp3) is 1.00. The molecule has 1 N–H and O–H groups in total. The van der Waals surface area contributed by atoms with Gasteiger partial charge in [0.2, 0.25) is 0 Å². The fourth-order valence-electron chi connectivity index (χ4n) is 1.89. The quantitative estimate of drug-likeness (QED) is 0.621. The summed E-state index contributed by atoms with van der Waals surface area (Å²) >= 11 is 0. The first-order valence-electron chi connectivity index (χ1n) is 6.34. The van der Waals surface area contributed by atoms with E-state index in [0.29, 0.717) is 5.92 Å². The maximum absolute atomic E-state index is 5.63. The second kappa shape index (κ2) is 6.46. The molecule has 0 aromatic carbocycles. The van der Waals surface area contributed by atoms with Crippen LogP contribution in [0.3, 0.4) is 0 Å². The van der Waals surface area contributed by atoms with Crippen LogP contribution in [-0.4, -0.2) is 39.0 Å². The van der Waals surface area contributed by atoms with E-state index >= 15 is 0 Å². The molecule has 1 saturated heterocycles. The predicted molar refractivity (Wildman–Crippen MR) is 60.0 cm³/mol. The highest BCUT2D eigenvalue weighted by molar-refractivity contribution is 4.80. The van der Waals surface area contributed by atoms with Crippen molar-refractivity contribution in [3.05, 3.63) is 0 Å². The van der Waals surface area contributed by atoms with Gasteiger partial charge in [-0.05, 0) is 38.6 Å². The Morgan fingerprint density at radius 3 is 2.87 bits per heavy atom. The Labute approximate surface area is 92.5 Å². The average molecular weight is 213 g/mol. The first kappa shape index (κ1) is 11.4. The lowest BCUT2D eigenvalue weighted by Crippen LogP contribution is -2.18. The van der Waals surface area contributed by atoms with Gasteiger partial charge >= 0.3 is 0 Å². The number of nitrogens with one attached hydrogen (secondary N) is 1. The molecule has 0 amide bonds. The lowest BCUT2D eigenvalue weighted by molar-refractivity contribution is 0.0874. The highest BCUT2D eigenvalue weighted by Crippen LogP contribution is 2.18. The molecule has 1 heterocycles. The van der Waals surface area contributed by atoms with Crippen LogP contribution in [0, 0.1) is 5.92 Å². The van der Waals surface area contributed by atoms with Crippen molar-refractivity contribution < 1.29 is 9.47 Å². The van der Waals surface area contributed by atoms with Gasteiger partial charge in [0.1, 0.15) is 0 Å². The third-order valence-electron chi connectivity index (χ3n) is 3.10. The van der Waals surface area contributed by atoms with Crippen molar-refractivity contribution in [3.63, 3.8) is 0 Å². The zero-order valence-corrected chi connectivity index (χ0v) is 9.54. The van der Waals surface area contributed by atoms with Crippen LogP contribution in [0.25, 0.3) is 0 Å². The van der Waals surface area contributed by atoms with Crippen LogP contribution in [0.15, 0.2) is 0 Å². The summed E-state index contributed by atoms with van der Waals surface area (Å²) in [4.78, 5) is 0. The molecule has 2 rings (SSSR count). The maximum Gasteiger partial charge on any atom is 0.0517 e. The number of hydrogen-bond acceptors (Lipinski definition) is 3. The summed E-state index contributed by atoms with van der Waals surface area (Å²) in [5, 5.41) is 3.51. The van der Waals surface area contributed by atoms with Gasteiger partial charge in [-0.25, -0.2) is 0 Å². The number of ether oxygens (including phenoxy) is 2. The van der Waals surface area contributed by atoms with Crippen LogP contribution < -0.4 is 5.32 Å². The standard InChI is InChI=1S/C12H23NO2/c1(6-13-12-3-4-12)2-7-14-9-11-5-8-15-10-11/h11-13H,1-10H2. The van der Waals surface area contributed by atoms with E-state index in [1.807, 2.05) is 0 Å². The van der Waals surface area contributed by atoms with E-state index in [1.54, 1.807) is 0 Å². The number of hydrogen-bond donors (Lipinski definition) is 1. The molecule has 3 heteroatoms. The molecule has 0 bridgehead atoms. The first-order valence-corrected chi connectivity index (χ1v) is 6.34. The first-order chi connectivity index (χ1) is 7.45. The van der Waals surface area contributed by atoms with E-state index in [-0.39, 0.29) is 0 Å². The van der Waals surface area contributed by atoms with Crippen molar-refractivity contribution in [2.45, 2.75) is 38.1 Å². The Morgan fingerprint density at radius 1 is 1.20 bits per heavy atom. The number of unbranched alkanes of at least 4 members (excludes halogenated alkanes) is 1. The molecule has 1 atom stereocenters. The van der Waals surface area contributed by atoms with Crippen molar-refractivity contribution in [3.8, 4) is 0 Å². The minimum Gasteiger partial charge on any atom is -0.381 e. The van der Waals surface area contributed by atoms with E-state index in [9.17, 15) is 0 Å². The molecule has 2 aliphatic rings. The van der Waals surface area contributed by atoms with Gasteiger partial charge in [-0.2, -0.15) is 0 Å². The summed E-state index contributed by atoms with van der Waals surface area (Å²) < 4.78 is 10.9. The molecule has 2 fully saturated rings. The lowest BCUT2D eigenvalue weighted by atomic mass is 10.1.